The highest BCUT2D eigenvalue weighted by Crippen LogP contribution is 2.20. The van der Waals surface area contributed by atoms with Gasteiger partial charge in [0.05, 0.1) is 4.92 Å². The number of ether oxygens (including phenoxy) is 1. The van der Waals surface area contributed by atoms with E-state index in [1.807, 2.05) is 0 Å². The van der Waals surface area contributed by atoms with Crippen molar-refractivity contribution in [3.05, 3.63) is 39.9 Å². The number of likely N-dealkylation sites (tertiary alicyclic amines) is 1. The molecular weight excluding hydrogens is 300 g/mol. The fourth-order valence-electron chi connectivity index (χ4n) is 2.57. The van der Waals surface area contributed by atoms with Crippen molar-refractivity contribution in [2.24, 2.45) is 5.92 Å². The molecule has 1 heterocycles. The summed E-state index contributed by atoms with van der Waals surface area (Å²) in [6, 6.07) is 5.54. The molecule has 1 unspecified atom stereocenters. The average Bonchev–Trinajstić information content (AvgIpc) is 2.54. The molecule has 0 saturated carbocycles. The molecule has 1 aliphatic rings. The van der Waals surface area contributed by atoms with Crippen LogP contribution in [-0.2, 0) is 9.53 Å². The number of carbonyl (C=O) groups is 2. The molecule has 2 rings (SSSR count). The minimum Gasteiger partial charge on any atom is -0.449 e. The SMILES string of the molecule is CC1CCN(C(=O)C(C)OC(=O)c2ccccc2[N+](=O)[O-])CC1. The highest BCUT2D eigenvalue weighted by atomic mass is 16.6. The van der Waals surface area contributed by atoms with Gasteiger partial charge in [-0.15, -0.1) is 0 Å². The van der Waals surface area contributed by atoms with E-state index >= 15 is 0 Å². The summed E-state index contributed by atoms with van der Waals surface area (Å²) < 4.78 is 5.13. The summed E-state index contributed by atoms with van der Waals surface area (Å²) in [7, 11) is 0. The molecule has 1 aromatic carbocycles. The third-order valence-corrected chi connectivity index (χ3v) is 4.05. The number of hydrogen-bond acceptors (Lipinski definition) is 5. The Morgan fingerprint density at radius 2 is 1.91 bits per heavy atom. The van der Waals surface area contributed by atoms with Gasteiger partial charge in [0.15, 0.2) is 6.10 Å². The van der Waals surface area contributed by atoms with Crippen LogP contribution in [0.5, 0.6) is 0 Å². The van der Waals surface area contributed by atoms with Gasteiger partial charge < -0.3 is 9.64 Å². The number of carbonyl (C=O) groups excluding carboxylic acids is 2. The Bertz CT molecular complexity index is 608. The Morgan fingerprint density at radius 3 is 2.52 bits per heavy atom. The van der Waals surface area contributed by atoms with E-state index in [1.54, 1.807) is 4.90 Å². The zero-order valence-corrected chi connectivity index (χ0v) is 13.2. The summed E-state index contributed by atoms with van der Waals surface area (Å²) in [6.07, 6.45) is 0.892. The Morgan fingerprint density at radius 1 is 1.30 bits per heavy atom. The fourth-order valence-corrected chi connectivity index (χ4v) is 2.57. The summed E-state index contributed by atoms with van der Waals surface area (Å²) >= 11 is 0. The van der Waals surface area contributed by atoms with Crippen LogP contribution in [0.4, 0.5) is 5.69 Å². The van der Waals surface area contributed by atoms with E-state index < -0.39 is 17.0 Å². The minimum absolute atomic E-state index is 0.149. The third kappa shape index (κ3) is 4.06. The second-order valence-corrected chi connectivity index (χ2v) is 5.83. The van der Waals surface area contributed by atoms with Crippen molar-refractivity contribution in [2.75, 3.05) is 13.1 Å². The Balaban J connectivity index is 2.02. The fraction of sp³-hybridized carbons (Fsp3) is 0.500. The van der Waals surface area contributed by atoms with E-state index in [2.05, 4.69) is 6.92 Å². The lowest BCUT2D eigenvalue weighted by Gasteiger charge is -2.31. The van der Waals surface area contributed by atoms with Crippen LogP contribution < -0.4 is 0 Å². The van der Waals surface area contributed by atoms with Crippen LogP contribution in [0.1, 0.15) is 37.0 Å². The zero-order chi connectivity index (χ0) is 17.0. The number of para-hydroxylation sites is 1. The van der Waals surface area contributed by atoms with E-state index in [4.69, 9.17) is 4.74 Å². The molecule has 0 aliphatic carbocycles. The maximum absolute atomic E-state index is 12.3. The monoisotopic (exact) mass is 320 g/mol. The lowest BCUT2D eigenvalue weighted by Crippen LogP contribution is -2.44. The number of nitrogens with zero attached hydrogens (tertiary/aromatic N) is 2. The molecule has 1 saturated heterocycles. The normalized spacial score (nSPS) is 16.7. The zero-order valence-electron chi connectivity index (χ0n) is 13.2. The number of piperidine rings is 1. The molecule has 1 amide bonds. The first-order valence-corrected chi connectivity index (χ1v) is 7.63. The molecule has 1 aliphatic heterocycles. The van der Waals surface area contributed by atoms with Gasteiger partial charge in [-0.05, 0) is 31.7 Å². The first-order valence-electron chi connectivity index (χ1n) is 7.63. The van der Waals surface area contributed by atoms with E-state index in [1.165, 1.54) is 31.2 Å². The molecule has 23 heavy (non-hydrogen) atoms. The summed E-state index contributed by atoms with van der Waals surface area (Å²) in [6.45, 7) is 4.92. The molecule has 0 spiro atoms. The lowest BCUT2D eigenvalue weighted by molar-refractivity contribution is -0.385. The van der Waals surface area contributed by atoms with E-state index in [-0.39, 0.29) is 17.2 Å². The number of amides is 1. The highest BCUT2D eigenvalue weighted by Gasteiger charge is 2.29. The molecule has 7 nitrogen and oxygen atoms in total. The first kappa shape index (κ1) is 16.9. The predicted octanol–water partition coefficient (Wildman–Crippen LogP) is 2.40. The van der Waals surface area contributed by atoms with Gasteiger partial charge in [-0.2, -0.15) is 0 Å². The average molecular weight is 320 g/mol. The molecule has 1 aromatic rings. The molecule has 1 fully saturated rings. The summed E-state index contributed by atoms with van der Waals surface area (Å²) in [4.78, 5) is 36.4. The second-order valence-electron chi connectivity index (χ2n) is 5.83. The Labute approximate surface area is 134 Å². The smallest absolute Gasteiger partial charge is 0.345 e. The number of hydrogen-bond donors (Lipinski definition) is 0. The van der Waals surface area contributed by atoms with Gasteiger partial charge in [0, 0.05) is 19.2 Å². The van der Waals surface area contributed by atoms with Crippen molar-refractivity contribution in [1.29, 1.82) is 0 Å². The van der Waals surface area contributed by atoms with E-state index in [9.17, 15) is 19.7 Å². The van der Waals surface area contributed by atoms with E-state index in [0.717, 1.165) is 12.8 Å². The topological polar surface area (TPSA) is 89.8 Å². The summed E-state index contributed by atoms with van der Waals surface area (Å²) in [5.41, 5.74) is -0.478. The van der Waals surface area contributed by atoms with Gasteiger partial charge in [-0.1, -0.05) is 19.1 Å². The van der Waals surface area contributed by atoms with Crippen molar-refractivity contribution in [1.82, 2.24) is 4.90 Å². The molecule has 7 heteroatoms. The van der Waals surface area contributed by atoms with Gasteiger partial charge in [-0.3, -0.25) is 14.9 Å². The summed E-state index contributed by atoms with van der Waals surface area (Å²) in [5, 5.41) is 10.9. The van der Waals surface area contributed by atoms with Gasteiger partial charge in [0.25, 0.3) is 11.6 Å². The largest absolute Gasteiger partial charge is 0.449 e. The number of rotatable bonds is 4. The summed E-state index contributed by atoms with van der Waals surface area (Å²) in [5.74, 6) is -0.531. The Hall–Kier alpha value is -2.44. The maximum atomic E-state index is 12.3. The van der Waals surface area contributed by atoms with Crippen molar-refractivity contribution in [2.45, 2.75) is 32.8 Å². The predicted molar refractivity (Wildman–Crippen MR) is 83.0 cm³/mol. The molecule has 0 radical (unpaired) electrons. The highest BCUT2D eigenvalue weighted by molar-refractivity contribution is 5.95. The minimum atomic E-state index is -0.962. The molecule has 0 aromatic heterocycles. The van der Waals surface area contributed by atoms with Crippen LogP contribution in [0.2, 0.25) is 0 Å². The third-order valence-electron chi connectivity index (χ3n) is 4.05. The van der Waals surface area contributed by atoms with Crippen molar-refractivity contribution < 1.29 is 19.2 Å². The van der Waals surface area contributed by atoms with Crippen LogP contribution >= 0.6 is 0 Å². The second kappa shape index (κ2) is 7.21. The molecule has 0 bridgehead atoms. The van der Waals surface area contributed by atoms with Crippen LogP contribution in [0, 0.1) is 16.0 Å². The number of nitro groups is 1. The van der Waals surface area contributed by atoms with Crippen LogP contribution in [-0.4, -0.2) is 40.9 Å². The number of benzene rings is 1. The first-order chi connectivity index (χ1) is 10.9. The van der Waals surface area contributed by atoms with Crippen LogP contribution in [0.25, 0.3) is 0 Å². The quantitative estimate of drug-likeness (QED) is 0.483. The van der Waals surface area contributed by atoms with Crippen molar-refractivity contribution >= 4 is 17.6 Å². The lowest BCUT2D eigenvalue weighted by atomic mass is 9.99. The molecule has 0 N–H and O–H groups in total. The molecule has 124 valence electrons. The Kier molecular flexibility index (Phi) is 5.31. The van der Waals surface area contributed by atoms with Gasteiger partial charge in [0.1, 0.15) is 5.56 Å². The number of nitro benzene ring substituents is 1. The van der Waals surface area contributed by atoms with E-state index in [0.29, 0.717) is 19.0 Å². The molecular formula is C16H20N2O5. The number of esters is 1. The van der Waals surface area contributed by atoms with Crippen LogP contribution in [0.3, 0.4) is 0 Å². The van der Waals surface area contributed by atoms with Gasteiger partial charge in [0.2, 0.25) is 0 Å². The van der Waals surface area contributed by atoms with Crippen molar-refractivity contribution in [3.63, 3.8) is 0 Å². The van der Waals surface area contributed by atoms with Gasteiger partial charge in [-0.25, -0.2) is 4.79 Å². The van der Waals surface area contributed by atoms with Gasteiger partial charge >= 0.3 is 5.97 Å². The standard InChI is InChI=1S/C16H20N2O5/c1-11-7-9-17(10-8-11)15(19)12(2)23-16(20)13-5-3-4-6-14(13)18(21)22/h3-6,11-12H,7-10H2,1-2H3. The maximum Gasteiger partial charge on any atom is 0.345 e. The van der Waals surface area contributed by atoms with Crippen LogP contribution in [0.15, 0.2) is 24.3 Å². The molecule has 1 atom stereocenters. The van der Waals surface area contributed by atoms with Crippen molar-refractivity contribution in [3.8, 4) is 0 Å².